The van der Waals surface area contributed by atoms with E-state index in [4.69, 9.17) is 0 Å². The highest BCUT2D eigenvalue weighted by Crippen LogP contribution is 2.27. The Kier molecular flexibility index (Phi) is 5.41. The fraction of sp³-hybridized carbons (Fsp3) is 0.0714. The van der Waals surface area contributed by atoms with Crippen LogP contribution in [0.25, 0.3) is 0 Å². The molecule has 0 spiro atoms. The molecule has 5 heteroatoms. The molecule has 2 nitrogen and oxygen atoms in total. The van der Waals surface area contributed by atoms with Crippen LogP contribution in [0, 0.1) is 3.57 Å². The minimum Gasteiger partial charge on any atom is -0.348 e. The normalized spacial score (nSPS) is 10.3. The maximum Gasteiger partial charge on any atom is 0.252 e. The van der Waals surface area contributed by atoms with E-state index in [1.165, 1.54) is 0 Å². The summed E-state index contributed by atoms with van der Waals surface area (Å²) in [6.07, 6.45) is 0. The number of benzene rings is 2. The van der Waals surface area contributed by atoms with Crippen LogP contribution in [0.1, 0.15) is 15.9 Å². The first-order valence-corrected chi connectivity index (χ1v) is 8.21. The molecule has 19 heavy (non-hydrogen) atoms. The average molecular weight is 495 g/mol. The highest BCUT2D eigenvalue weighted by Gasteiger charge is 2.13. The third-order valence-electron chi connectivity index (χ3n) is 2.53. The van der Waals surface area contributed by atoms with E-state index < -0.39 is 0 Å². The van der Waals surface area contributed by atoms with Crippen LogP contribution >= 0.6 is 54.5 Å². The Morgan fingerprint density at radius 2 is 1.84 bits per heavy atom. The van der Waals surface area contributed by atoms with Crippen molar-refractivity contribution in [1.82, 2.24) is 5.32 Å². The lowest BCUT2D eigenvalue weighted by Gasteiger charge is -2.09. The SMILES string of the molecule is O=C(NCc1ccccc1)c1cc(Br)cc(Br)c1I. The number of carbonyl (C=O) groups excluding carboxylic acids is 1. The van der Waals surface area contributed by atoms with Gasteiger partial charge >= 0.3 is 0 Å². The van der Waals surface area contributed by atoms with Gasteiger partial charge in [0.25, 0.3) is 5.91 Å². The molecule has 0 fully saturated rings. The first-order chi connectivity index (χ1) is 9.08. The number of rotatable bonds is 3. The number of amides is 1. The van der Waals surface area contributed by atoms with E-state index in [0.717, 1.165) is 18.1 Å². The summed E-state index contributed by atoms with van der Waals surface area (Å²) in [6, 6.07) is 13.6. The lowest BCUT2D eigenvalue weighted by Crippen LogP contribution is -2.23. The number of nitrogens with one attached hydrogen (secondary N) is 1. The highest BCUT2D eigenvalue weighted by molar-refractivity contribution is 14.1. The maximum atomic E-state index is 12.2. The summed E-state index contributed by atoms with van der Waals surface area (Å²) in [5, 5.41) is 2.93. The van der Waals surface area contributed by atoms with Crippen LogP contribution in [0.3, 0.4) is 0 Å². The number of carbonyl (C=O) groups is 1. The molecule has 0 saturated carbocycles. The van der Waals surface area contributed by atoms with Crippen LogP contribution in [-0.2, 0) is 6.54 Å². The predicted molar refractivity (Wildman–Crippen MR) is 92.2 cm³/mol. The second-order valence-electron chi connectivity index (χ2n) is 3.92. The van der Waals surface area contributed by atoms with E-state index in [9.17, 15) is 4.79 Å². The summed E-state index contributed by atoms with van der Waals surface area (Å²) >= 11 is 9.00. The van der Waals surface area contributed by atoms with E-state index in [-0.39, 0.29) is 5.91 Å². The molecular weight excluding hydrogens is 485 g/mol. The standard InChI is InChI=1S/C14H10Br2INO/c15-10-6-11(13(17)12(16)7-10)14(19)18-8-9-4-2-1-3-5-9/h1-7H,8H2,(H,18,19). The predicted octanol–water partition coefficient (Wildman–Crippen LogP) is 4.75. The van der Waals surface area contributed by atoms with Gasteiger partial charge in [-0.1, -0.05) is 46.3 Å². The smallest absolute Gasteiger partial charge is 0.252 e. The molecule has 2 rings (SSSR count). The van der Waals surface area contributed by atoms with Gasteiger partial charge in [-0.3, -0.25) is 4.79 Å². The van der Waals surface area contributed by atoms with Gasteiger partial charge in [-0.25, -0.2) is 0 Å². The Morgan fingerprint density at radius 1 is 1.16 bits per heavy atom. The van der Waals surface area contributed by atoms with Crippen molar-refractivity contribution in [2.24, 2.45) is 0 Å². The van der Waals surface area contributed by atoms with Crippen LogP contribution in [0.2, 0.25) is 0 Å². The summed E-state index contributed by atoms with van der Waals surface area (Å²) in [5.41, 5.74) is 1.75. The zero-order valence-corrected chi connectivity index (χ0v) is 15.1. The van der Waals surface area contributed by atoms with Gasteiger partial charge in [0.2, 0.25) is 0 Å². The maximum absolute atomic E-state index is 12.2. The lowest BCUT2D eigenvalue weighted by atomic mass is 10.2. The van der Waals surface area contributed by atoms with Crippen LogP contribution in [0.5, 0.6) is 0 Å². The summed E-state index contributed by atoms with van der Waals surface area (Å²) in [4.78, 5) is 12.2. The van der Waals surface area contributed by atoms with Gasteiger partial charge in [-0.2, -0.15) is 0 Å². The molecule has 0 aromatic heterocycles. The van der Waals surface area contributed by atoms with Gasteiger partial charge < -0.3 is 5.32 Å². The van der Waals surface area contributed by atoms with Gasteiger partial charge in [0.15, 0.2) is 0 Å². The average Bonchev–Trinajstić information content (AvgIpc) is 2.41. The number of halogens is 3. The zero-order valence-electron chi connectivity index (χ0n) is 9.79. The molecule has 98 valence electrons. The molecule has 2 aromatic carbocycles. The molecule has 0 atom stereocenters. The molecule has 1 amide bonds. The second-order valence-corrected chi connectivity index (χ2v) is 6.77. The lowest BCUT2D eigenvalue weighted by molar-refractivity contribution is 0.0950. The van der Waals surface area contributed by atoms with Gasteiger partial charge in [-0.15, -0.1) is 0 Å². The van der Waals surface area contributed by atoms with Crippen molar-refractivity contribution < 1.29 is 4.79 Å². The Morgan fingerprint density at radius 3 is 2.53 bits per heavy atom. The van der Waals surface area contributed by atoms with Gasteiger partial charge in [0, 0.05) is 19.1 Å². The van der Waals surface area contributed by atoms with Crippen molar-refractivity contribution in [2.75, 3.05) is 0 Å². The third-order valence-corrected chi connectivity index (χ3v) is 5.52. The van der Waals surface area contributed by atoms with Gasteiger partial charge in [0.05, 0.1) is 5.56 Å². The molecule has 0 heterocycles. The van der Waals surface area contributed by atoms with Crippen molar-refractivity contribution in [3.05, 3.63) is 66.1 Å². The third kappa shape index (κ3) is 4.03. The minimum atomic E-state index is -0.0738. The quantitative estimate of drug-likeness (QED) is 0.484. The number of hydrogen-bond acceptors (Lipinski definition) is 1. The Bertz CT molecular complexity index is 602. The molecule has 1 N–H and O–H groups in total. The Balaban J connectivity index is 2.13. The van der Waals surface area contributed by atoms with E-state index in [1.54, 1.807) is 0 Å². The van der Waals surface area contributed by atoms with Gasteiger partial charge in [-0.05, 0) is 56.2 Å². The molecule has 2 aromatic rings. The summed E-state index contributed by atoms with van der Waals surface area (Å²) in [6.45, 7) is 0.528. The summed E-state index contributed by atoms with van der Waals surface area (Å²) in [5.74, 6) is -0.0738. The van der Waals surface area contributed by atoms with Crippen molar-refractivity contribution >= 4 is 60.4 Å². The first-order valence-electron chi connectivity index (χ1n) is 5.54. The van der Waals surface area contributed by atoms with Crippen LogP contribution < -0.4 is 5.32 Å². The molecule has 0 aliphatic heterocycles. The molecule has 0 aliphatic carbocycles. The molecule has 0 radical (unpaired) electrons. The minimum absolute atomic E-state index is 0.0738. The first kappa shape index (κ1) is 15.0. The highest BCUT2D eigenvalue weighted by atomic mass is 127. The Hall–Kier alpha value is -0.400. The number of hydrogen-bond donors (Lipinski definition) is 1. The fourth-order valence-electron chi connectivity index (χ4n) is 1.59. The van der Waals surface area contributed by atoms with Crippen molar-refractivity contribution in [2.45, 2.75) is 6.54 Å². The molecule has 0 aliphatic rings. The summed E-state index contributed by atoms with van der Waals surface area (Å²) < 4.78 is 2.70. The van der Waals surface area contributed by atoms with Crippen LogP contribution in [0.4, 0.5) is 0 Å². The fourth-order valence-corrected chi connectivity index (χ4v) is 3.38. The van der Waals surface area contributed by atoms with E-state index in [1.807, 2.05) is 42.5 Å². The zero-order chi connectivity index (χ0) is 13.8. The van der Waals surface area contributed by atoms with Gasteiger partial charge in [0.1, 0.15) is 0 Å². The summed E-state index contributed by atoms with van der Waals surface area (Å²) in [7, 11) is 0. The van der Waals surface area contributed by atoms with E-state index >= 15 is 0 Å². The largest absolute Gasteiger partial charge is 0.348 e. The molecule has 0 bridgehead atoms. The monoisotopic (exact) mass is 493 g/mol. The van der Waals surface area contributed by atoms with E-state index in [0.29, 0.717) is 12.1 Å². The van der Waals surface area contributed by atoms with E-state index in [2.05, 4.69) is 59.8 Å². The van der Waals surface area contributed by atoms with Crippen molar-refractivity contribution in [3.63, 3.8) is 0 Å². The molecular formula is C14H10Br2INO. The topological polar surface area (TPSA) is 29.1 Å². The van der Waals surface area contributed by atoms with Crippen molar-refractivity contribution in [1.29, 1.82) is 0 Å². The molecule has 0 saturated heterocycles. The van der Waals surface area contributed by atoms with Crippen molar-refractivity contribution in [3.8, 4) is 0 Å². The second kappa shape index (κ2) is 6.85. The molecule has 0 unspecified atom stereocenters. The Labute approximate surface area is 142 Å². The van der Waals surface area contributed by atoms with Crippen LogP contribution in [0.15, 0.2) is 51.4 Å². The van der Waals surface area contributed by atoms with Crippen LogP contribution in [-0.4, -0.2) is 5.91 Å².